The van der Waals surface area contributed by atoms with E-state index in [-0.39, 0.29) is 49.7 Å². The van der Waals surface area contributed by atoms with Gasteiger partial charge < -0.3 is 39.6 Å². The third-order valence-corrected chi connectivity index (χ3v) is 9.10. The minimum atomic E-state index is -4.46. The second kappa shape index (κ2) is 13.8. The van der Waals surface area contributed by atoms with Gasteiger partial charge >= 0.3 is 13.7 Å². The maximum absolute atomic E-state index is 13.9. The molecule has 2 aliphatic heterocycles. The van der Waals surface area contributed by atoms with E-state index < -0.39 is 31.5 Å². The van der Waals surface area contributed by atoms with Gasteiger partial charge in [-0.25, -0.2) is 9.78 Å². The third-order valence-electron chi connectivity index (χ3n) is 8.13. The minimum Gasteiger partial charge on any atom is -0.465 e. The number of carbonyl (C=O) groups is 3. The van der Waals surface area contributed by atoms with Gasteiger partial charge in [0.25, 0.3) is 5.91 Å². The lowest BCUT2D eigenvalue weighted by Gasteiger charge is -2.35. The smallest absolute Gasteiger partial charge is 0.407 e. The van der Waals surface area contributed by atoms with Crippen LogP contribution in [0.4, 0.5) is 10.5 Å². The molecule has 0 aliphatic carbocycles. The van der Waals surface area contributed by atoms with Crippen LogP contribution in [0.1, 0.15) is 22.5 Å². The highest BCUT2D eigenvalue weighted by Crippen LogP contribution is 2.33. The molecule has 1 aromatic heterocycles. The van der Waals surface area contributed by atoms with Crippen molar-refractivity contribution in [3.8, 4) is 11.3 Å². The molecule has 0 spiro atoms. The number of hydrogen-bond acceptors (Lipinski definition) is 7. The number of pyridine rings is 1. The van der Waals surface area contributed by atoms with Crippen molar-refractivity contribution in [1.29, 1.82) is 0 Å². The van der Waals surface area contributed by atoms with Crippen LogP contribution in [0.25, 0.3) is 11.3 Å². The molecule has 4 N–H and O–H groups in total. The Morgan fingerprint density at radius 1 is 0.978 bits per heavy atom. The first kappa shape index (κ1) is 32.1. The van der Waals surface area contributed by atoms with Crippen LogP contribution in [0.15, 0.2) is 66.7 Å². The van der Waals surface area contributed by atoms with Gasteiger partial charge in [-0.2, -0.15) is 0 Å². The molecule has 14 heteroatoms. The van der Waals surface area contributed by atoms with Gasteiger partial charge in [0.15, 0.2) is 0 Å². The van der Waals surface area contributed by atoms with Crippen molar-refractivity contribution >= 4 is 36.5 Å². The maximum Gasteiger partial charge on any atom is 0.407 e. The second-order valence-electron chi connectivity index (χ2n) is 11.1. The van der Waals surface area contributed by atoms with E-state index in [4.69, 9.17) is 4.74 Å². The van der Waals surface area contributed by atoms with Crippen LogP contribution in [0, 0.1) is 0 Å². The molecule has 45 heavy (non-hydrogen) atoms. The number of hydrogen-bond donors (Lipinski definition) is 4. The molecule has 13 nitrogen and oxygen atoms in total. The number of anilines is 1. The predicted octanol–water partition coefficient (Wildman–Crippen LogP) is 1.94. The molecule has 2 atom stereocenters. The van der Waals surface area contributed by atoms with E-state index in [1.807, 2.05) is 36.4 Å². The van der Waals surface area contributed by atoms with Crippen molar-refractivity contribution in [2.24, 2.45) is 0 Å². The monoisotopic (exact) mass is 637 g/mol. The first-order valence-corrected chi connectivity index (χ1v) is 16.2. The number of rotatable bonds is 9. The van der Waals surface area contributed by atoms with Gasteiger partial charge in [-0.15, -0.1) is 0 Å². The minimum absolute atomic E-state index is 0.0397. The molecule has 0 radical (unpaired) electrons. The van der Waals surface area contributed by atoms with Crippen LogP contribution in [-0.4, -0.2) is 106 Å². The number of nitrogens with one attached hydrogen (secondary N) is 1. The van der Waals surface area contributed by atoms with E-state index >= 15 is 0 Å². The number of carboxylic acid groups (broad SMARTS) is 1. The quantitative estimate of drug-likeness (QED) is 0.254. The first-order valence-electron chi connectivity index (χ1n) is 14.6. The van der Waals surface area contributed by atoms with E-state index in [9.17, 15) is 33.8 Å². The van der Waals surface area contributed by atoms with Gasteiger partial charge in [0.1, 0.15) is 11.7 Å². The normalized spacial score (nSPS) is 17.7. The van der Waals surface area contributed by atoms with Crippen LogP contribution in [0.3, 0.4) is 0 Å². The first-order chi connectivity index (χ1) is 21.5. The molecule has 2 fully saturated rings. The molecule has 238 valence electrons. The summed E-state index contributed by atoms with van der Waals surface area (Å²) in [4.78, 5) is 67.5. The summed E-state index contributed by atoms with van der Waals surface area (Å²) >= 11 is 0. The van der Waals surface area contributed by atoms with Gasteiger partial charge in [-0.05, 0) is 36.2 Å². The molecular formula is C31H36N5O8P. The van der Waals surface area contributed by atoms with Gasteiger partial charge in [0.2, 0.25) is 5.91 Å². The number of methoxy groups -OCH3 is 1. The molecule has 3 amide bonds. The highest BCUT2D eigenvalue weighted by Gasteiger charge is 2.31. The molecular weight excluding hydrogens is 601 g/mol. The summed E-state index contributed by atoms with van der Waals surface area (Å²) in [6, 6.07) is 17.7. The second-order valence-corrected chi connectivity index (χ2v) is 12.7. The topological polar surface area (TPSA) is 173 Å². The van der Waals surface area contributed by atoms with E-state index in [0.29, 0.717) is 17.8 Å². The molecule has 3 heterocycles. The molecule has 3 aromatic rings. The fraction of sp³-hybridized carbons (Fsp3) is 0.355. The number of carbonyl (C=O) groups excluding carboxylic acids is 2. The van der Waals surface area contributed by atoms with Crippen molar-refractivity contribution in [1.82, 2.24) is 20.1 Å². The Hall–Kier alpha value is -4.29. The summed E-state index contributed by atoms with van der Waals surface area (Å²) in [5.41, 5.74) is 2.92. The number of ether oxygens (including phenoxy) is 1. The Bertz CT molecular complexity index is 1570. The summed E-state index contributed by atoms with van der Waals surface area (Å²) in [6.45, 7) is 2.00. The van der Waals surface area contributed by atoms with Gasteiger partial charge in [0.05, 0.1) is 17.1 Å². The standard InChI is InChI=1S/C31H36N5O8P/c1-44-24-11-12-36(20-24)23-18-26(22-5-3-2-4-6-22)32-27(19-23)29(37)33-28(17-21-7-9-25(10-8-21)45(41,42)43)30(38)34-13-15-35(16-14-34)31(39)40/h2-10,18-19,24,28H,11-17,20H2,1H3,(H,33,37)(H,39,40)(H2,41,42,43)/t24-,28-/m0/s1. The summed E-state index contributed by atoms with van der Waals surface area (Å²) in [5.74, 6) is -0.958. The Kier molecular flexibility index (Phi) is 9.83. The maximum atomic E-state index is 13.9. The lowest BCUT2D eigenvalue weighted by Crippen LogP contribution is -2.56. The summed E-state index contributed by atoms with van der Waals surface area (Å²) in [6.07, 6.45) is -0.116. The summed E-state index contributed by atoms with van der Waals surface area (Å²) in [5, 5.41) is 12.0. The SMILES string of the molecule is CO[C@H]1CCN(c2cc(C(=O)N[C@@H](Cc3ccc(P(=O)(O)O)cc3)C(=O)N3CCN(C(=O)O)CC3)nc(-c3ccccc3)c2)C1. The zero-order valence-corrected chi connectivity index (χ0v) is 25.7. The Balaban J connectivity index is 1.43. The Morgan fingerprint density at radius 2 is 1.64 bits per heavy atom. The van der Waals surface area contributed by atoms with Crippen LogP contribution in [0.5, 0.6) is 0 Å². The van der Waals surface area contributed by atoms with Crippen molar-refractivity contribution in [2.45, 2.75) is 25.0 Å². The highest BCUT2D eigenvalue weighted by atomic mass is 31.2. The predicted molar refractivity (Wildman–Crippen MR) is 167 cm³/mol. The molecule has 0 unspecified atom stereocenters. The Morgan fingerprint density at radius 3 is 2.24 bits per heavy atom. The lowest BCUT2D eigenvalue weighted by atomic mass is 10.0. The van der Waals surface area contributed by atoms with Crippen LogP contribution < -0.4 is 15.5 Å². The molecule has 0 bridgehead atoms. The zero-order chi connectivity index (χ0) is 32.1. The summed E-state index contributed by atoms with van der Waals surface area (Å²) < 4.78 is 17.2. The number of piperazine rings is 1. The largest absolute Gasteiger partial charge is 0.465 e. The average molecular weight is 638 g/mol. The molecule has 5 rings (SSSR count). The zero-order valence-electron chi connectivity index (χ0n) is 24.8. The van der Waals surface area contributed by atoms with Gasteiger partial charge in [-0.1, -0.05) is 42.5 Å². The van der Waals surface area contributed by atoms with E-state index in [2.05, 4.69) is 15.2 Å². The molecule has 0 saturated carbocycles. The van der Waals surface area contributed by atoms with Crippen molar-refractivity contribution in [2.75, 3.05) is 51.3 Å². The average Bonchev–Trinajstić information content (AvgIpc) is 3.54. The van der Waals surface area contributed by atoms with Gasteiger partial charge in [-0.3, -0.25) is 14.2 Å². The lowest BCUT2D eigenvalue weighted by molar-refractivity contribution is -0.134. The molecule has 2 aromatic carbocycles. The van der Waals surface area contributed by atoms with Gasteiger partial charge in [0, 0.05) is 64.0 Å². The Labute approximate surface area is 260 Å². The number of aromatic nitrogens is 1. The van der Waals surface area contributed by atoms with E-state index in [1.165, 1.54) is 34.1 Å². The molecule has 2 aliphatic rings. The molecule has 2 saturated heterocycles. The third kappa shape index (κ3) is 7.87. The van der Waals surface area contributed by atoms with Crippen molar-refractivity contribution < 1.29 is 38.6 Å². The van der Waals surface area contributed by atoms with Crippen LogP contribution in [-0.2, 0) is 20.5 Å². The van der Waals surface area contributed by atoms with Crippen molar-refractivity contribution in [3.05, 3.63) is 78.0 Å². The van der Waals surface area contributed by atoms with E-state index in [0.717, 1.165) is 24.2 Å². The van der Waals surface area contributed by atoms with Crippen LogP contribution >= 0.6 is 7.60 Å². The van der Waals surface area contributed by atoms with E-state index in [1.54, 1.807) is 13.2 Å². The van der Waals surface area contributed by atoms with Crippen molar-refractivity contribution in [3.63, 3.8) is 0 Å². The fourth-order valence-corrected chi connectivity index (χ4v) is 6.10. The van der Waals surface area contributed by atoms with Crippen LogP contribution in [0.2, 0.25) is 0 Å². The highest BCUT2D eigenvalue weighted by molar-refractivity contribution is 7.60. The fourth-order valence-electron chi connectivity index (χ4n) is 5.56. The number of benzene rings is 2. The number of amides is 3. The summed E-state index contributed by atoms with van der Waals surface area (Å²) in [7, 11) is -2.78. The number of nitrogens with zero attached hydrogens (tertiary/aromatic N) is 4.